The van der Waals surface area contributed by atoms with Crippen molar-refractivity contribution in [2.45, 2.75) is 58.0 Å². The fourth-order valence-electron chi connectivity index (χ4n) is 3.29. The van der Waals surface area contributed by atoms with Crippen LogP contribution in [0, 0.1) is 11.8 Å². The molecule has 0 aromatic rings. The molecule has 1 aliphatic carbocycles. The molecule has 2 heteroatoms. The van der Waals surface area contributed by atoms with Crippen LogP contribution in [0.3, 0.4) is 0 Å². The van der Waals surface area contributed by atoms with Gasteiger partial charge >= 0.3 is 0 Å². The molecule has 1 heterocycles. The average molecular weight is 224 g/mol. The predicted octanol–water partition coefficient (Wildman–Crippen LogP) is 2.49. The van der Waals surface area contributed by atoms with Crippen molar-refractivity contribution in [3.8, 4) is 0 Å². The molecule has 0 aromatic carbocycles. The number of likely N-dealkylation sites (N-methyl/N-ethyl adjacent to an activating group) is 1. The van der Waals surface area contributed by atoms with Gasteiger partial charge in [-0.15, -0.1) is 0 Å². The van der Waals surface area contributed by atoms with Crippen LogP contribution in [0.5, 0.6) is 0 Å². The third kappa shape index (κ3) is 2.98. The highest BCUT2D eigenvalue weighted by Gasteiger charge is 2.27. The van der Waals surface area contributed by atoms with Crippen molar-refractivity contribution in [2.24, 2.45) is 11.8 Å². The summed E-state index contributed by atoms with van der Waals surface area (Å²) in [6.45, 7) is 7.26. The van der Waals surface area contributed by atoms with Crippen molar-refractivity contribution in [1.82, 2.24) is 10.2 Å². The summed E-state index contributed by atoms with van der Waals surface area (Å²) in [5.41, 5.74) is 0. The zero-order valence-electron chi connectivity index (χ0n) is 11.2. The van der Waals surface area contributed by atoms with Gasteiger partial charge in [0.2, 0.25) is 0 Å². The zero-order valence-corrected chi connectivity index (χ0v) is 11.2. The van der Waals surface area contributed by atoms with Crippen LogP contribution in [0.2, 0.25) is 0 Å². The minimum atomic E-state index is 0.740. The first kappa shape index (κ1) is 12.4. The first-order chi connectivity index (χ1) is 7.66. The van der Waals surface area contributed by atoms with E-state index < -0.39 is 0 Å². The molecule has 0 radical (unpaired) electrons. The molecule has 2 atom stereocenters. The lowest BCUT2D eigenvalue weighted by Gasteiger charge is -2.35. The molecule has 0 spiro atoms. The quantitative estimate of drug-likeness (QED) is 0.792. The fraction of sp³-hybridized carbons (Fsp3) is 1.00. The SMILES string of the molecule is CC1CCC(N(C)CC2NCCC2C)CC1. The van der Waals surface area contributed by atoms with E-state index in [9.17, 15) is 0 Å². The molecule has 16 heavy (non-hydrogen) atoms. The molecule has 1 N–H and O–H groups in total. The number of hydrogen-bond acceptors (Lipinski definition) is 2. The Bertz CT molecular complexity index is 209. The predicted molar refractivity (Wildman–Crippen MR) is 69.6 cm³/mol. The minimum absolute atomic E-state index is 0.740. The third-order valence-electron chi connectivity index (χ3n) is 4.79. The smallest absolute Gasteiger partial charge is 0.0221 e. The maximum absolute atomic E-state index is 3.64. The summed E-state index contributed by atoms with van der Waals surface area (Å²) in [6.07, 6.45) is 7.06. The van der Waals surface area contributed by atoms with Gasteiger partial charge in [-0.05, 0) is 57.5 Å². The zero-order chi connectivity index (χ0) is 11.5. The number of rotatable bonds is 3. The topological polar surface area (TPSA) is 15.3 Å². The summed E-state index contributed by atoms with van der Waals surface area (Å²) in [6, 6.07) is 1.59. The molecule has 1 aliphatic heterocycles. The van der Waals surface area contributed by atoms with Crippen LogP contribution in [-0.4, -0.2) is 37.1 Å². The van der Waals surface area contributed by atoms with Crippen LogP contribution in [0.1, 0.15) is 46.0 Å². The van der Waals surface area contributed by atoms with Gasteiger partial charge in [-0.3, -0.25) is 0 Å². The van der Waals surface area contributed by atoms with Gasteiger partial charge in [0, 0.05) is 18.6 Å². The standard InChI is InChI=1S/C14H28N2/c1-11-4-6-13(7-5-11)16(3)10-14-12(2)8-9-15-14/h11-15H,4-10H2,1-3H3. The summed E-state index contributed by atoms with van der Waals surface area (Å²) in [7, 11) is 2.33. The summed E-state index contributed by atoms with van der Waals surface area (Å²) < 4.78 is 0. The van der Waals surface area contributed by atoms with Crippen molar-refractivity contribution in [2.75, 3.05) is 20.1 Å². The normalized spacial score (nSPS) is 40.5. The molecule has 2 unspecified atom stereocenters. The van der Waals surface area contributed by atoms with Crippen LogP contribution >= 0.6 is 0 Å². The van der Waals surface area contributed by atoms with E-state index in [0.29, 0.717) is 0 Å². The molecule has 0 bridgehead atoms. The molecule has 1 saturated heterocycles. The first-order valence-electron chi connectivity index (χ1n) is 7.10. The van der Waals surface area contributed by atoms with Crippen molar-refractivity contribution in [3.05, 3.63) is 0 Å². The van der Waals surface area contributed by atoms with Crippen molar-refractivity contribution in [3.63, 3.8) is 0 Å². The molecule has 2 fully saturated rings. The fourth-order valence-corrected chi connectivity index (χ4v) is 3.29. The van der Waals surface area contributed by atoms with Crippen LogP contribution < -0.4 is 5.32 Å². The molecule has 0 amide bonds. The molecule has 2 aliphatic rings. The van der Waals surface area contributed by atoms with Gasteiger partial charge in [0.15, 0.2) is 0 Å². The van der Waals surface area contributed by atoms with Crippen LogP contribution in [-0.2, 0) is 0 Å². The lowest BCUT2D eigenvalue weighted by atomic mass is 9.86. The van der Waals surface area contributed by atoms with Crippen LogP contribution in [0.4, 0.5) is 0 Å². The second-order valence-electron chi connectivity index (χ2n) is 6.18. The monoisotopic (exact) mass is 224 g/mol. The van der Waals surface area contributed by atoms with Gasteiger partial charge < -0.3 is 10.2 Å². The van der Waals surface area contributed by atoms with E-state index in [-0.39, 0.29) is 0 Å². The molecule has 1 saturated carbocycles. The Hall–Kier alpha value is -0.0800. The van der Waals surface area contributed by atoms with Crippen LogP contribution in [0.15, 0.2) is 0 Å². The van der Waals surface area contributed by atoms with E-state index >= 15 is 0 Å². The second kappa shape index (κ2) is 5.50. The molecule has 2 rings (SSSR count). The average Bonchev–Trinajstić information content (AvgIpc) is 2.65. The maximum atomic E-state index is 3.64. The van der Waals surface area contributed by atoms with Crippen molar-refractivity contribution in [1.29, 1.82) is 0 Å². The van der Waals surface area contributed by atoms with Gasteiger partial charge in [0.1, 0.15) is 0 Å². The summed E-state index contributed by atoms with van der Waals surface area (Å²) in [4.78, 5) is 2.62. The Labute approximate surface area is 101 Å². The van der Waals surface area contributed by atoms with Gasteiger partial charge in [-0.25, -0.2) is 0 Å². The van der Waals surface area contributed by atoms with Crippen LogP contribution in [0.25, 0.3) is 0 Å². The molecule has 2 nitrogen and oxygen atoms in total. The Morgan fingerprint density at radius 3 is 2.31 bits per heavy atom. The lowest BCUT2D eigenvalue weighted by Crippen LogP contribution is -2.44. The number of nitrogens with zero attached hydrogens (tertiary/aromatic N) is 1. The first-order valence-corrected chi connectivity index (χ1v) is 7.10. The Kier molecular flexibility index (Phi) is 4.26. The van der Waals surface area contributed by atoms with Crippen molar-refractivity contribution < 1.29 is 0 Å². The molecular formula is C14H28N2. The lowest BCUT2D eigenvalue weighted by molar-refractivity contribution is 0.153. The highest BCUT2D eigenvalue weighted by molar-refractivity contribution is 4.85. The Morgan fingerprint density at radius 1 is 1.06 bits per heavy atom. The number of hydrogen-bond donors (Lipinski definition) is 1. The third-order valence-corrected chi connectivity index (χ3v) is 4.79. The molecular weight excluding hydrogens is 196 g/mol. The Morgan fingerprint density at radius 2 is 1.75 bits per heavy atom. The largest absolute Gasteiger partial charge is 0.312 e. The van der Waals surface area contributed by atoms with E-state index in [2.05, 4.69) is 31.1 Å². The highest BCUT2D eigenvalue weighted by Crippen LogP contribution is 2.27. The van der Waals surface area contributed by atoms with E-state index in [4.69, 9.17) is 0 Å². The van der Waals surface area contributed by atoms with E-state index in [0.717, 1.165) is 23.9 Å². The minimum Gasteiger partial charge on any atom is -0.312 e. The molecule has 94 valence electrons. The Balaban J connectivity index is 1.76. The van der Waals surface area contributed by atoms with Crippen molar-refractivity contribution >= 4 is 0 Å². The summed E-state index contributed by atoms with van der Waals surface area (Å²) in [5, 5.41) is 3.64. The summed E-state index contributed by atoms with van der Waals surface area (Å²) >= 11 is 0. The molecule has 0 aromatic heterocycles. The summed E-state index contributed by atoms with van der Waals surface area (Å²) in [5.74, 6) is 1.83. The van der Waals surface area contributed by atoms with Gasteiger partial charge in [0.05, 0.1) is 0 Å². The number of nitrogens with one attached hydrogen (secondary N) is 1. The van der Waals surface area contributed by atoms with Gasteiger partial charge in [0.25, 0.3) is 0 Å². The maximum Gasteiger partial charge on any atom is 0.0221 e. The van der Waals surface area contributed by atoms with E-state index in [1.165, 1.54) is 45.2 Å². The highest BCUT2D eigenvalue weighted by atomic mass is 15.2. The second-order valence-corrected chi connectivity index (χ2v) is 6.18. The van der Waals surface area contributed by atoms with E-state index in [1.54, 1.807) is 0 Å². The van der Waals surface area contributed by atoms with Gasteiger partial charge in [-0.1, -0.05) is 13.8 Å². The van der Waals surface area contributed by atoms with E-state index in [1.807, 2.05) is 0 Å². The van der Waals surface area contributed by atoms with Gasteiger partial charge in [-0.2, -0.15) is 0 Å².